The van der Waals surface area contributed by atoms with Gasteiger partial charge in [0.2, 0.25) is 0 Å². The van der Waals surface area contributed by atoms with E-state index in [1.165, 1.54) is 0 Å². The Morgan fingerprint density at radius 3 is 1.00 bits per heavy atom. The summed E-state index contributed by atoms with van der Waals surface area (Å²) >= 11 is 0. The molecule has 0 amide bonds. The molecule has 4 heavy (non-hydrogen) atoms. The molecule has 0 fully saturated rings. The minimum absolute atomic E-state index is 0. The van der Waals surface area contributed by atoms with Crippen LogP contribution in [-0.2, 0) is 42.4 Å². The summed E-state index contributed by atoms with van der Waals surface area (Å²) < 4.78 is 0. The van der Waals surface area contributed by atoms with E-state index in [1.807, 2.05) is 0 Å². The van der Waals surface area contributed by atoms with Crippen LogP contribution in [0, 0.1) is 41.7 Å². The second-order valence-electron chi connectivity index (χ2n) is 0. The summed E-state index contributed by atoms with van der Waals surface area (Å²) in [4.78, 5) is 0. The quantitative estimate of drug-likeness (QED) is 0.557. The molecular formula is CeNiOPd+5. The molecule has 0 bridgehead atoms. The van der Waals surface area contributed by atoms with Crippen molar-refractivity contribution < 1.29 is 84.1 Å². The van der Waals surface area contributed by atoms with E-state index in [4.69, 9.17) is 0 Å². The van der Waals surface area contributed by atoms with Crippen LogP contribution in [0.15, 0.2) is 0 Å². The molecule has 1 radical (unpaired) electrons. The van der Waals surface area contributed by atoms with E-state index < -0.39 is 0 Å². The second-order valence-corrected chi connectivity index (χ2v) is 0. The van der Waals surface area contributed by atoms with Crippen LogP contribution < -0.4 is 0 Å². The zero-order valence-corrected chi connectivity index (χ0v) is 7.22. The molecule has 0 aliphatic heterocycles. The fraction of sp³-hybridized carbons (Fsp3) is 0. The molecule has 0 unspecified atom stereocenters. The van der Waals surface area contributed by atoms with Gasteiger partial charge in [0.1, 0.15) is 0 Å². The van der Waals surface area contributed by atoms with Crippen molar-refractivity contribution in [2.24, 2.45) is 0 Å². The third-order valence-electron chi connectivity index (χ3n) is 0. The largest absolute Gasteiger partial charge is 3.00 e. The Bertz CT molecular complexity index is 8.00. The molecule has 0 saturated carbocycles. The Morgan fingerprint density at radius 1 is 1.00 bits per heavy atom. The predicted molar refractivity (Wildman–Crippen MR) is 0.686 cm³/mol. The molecule has 0 aliphatic carbocycles. The molecule has 0 aromatic rings. The first kappa shape index (κ1) is 31.5. The van der Waals surface area contributed by atoms with Crippen molar-refractivity contribution in [3.05, 3.63) is 0 Å². The van der Waals surface area contributed by atoms with E-state index in [2.05, 4.69) is 0 Å². The molecule has 0 aliphatic rings. The van der Waals surface area contributed by atoms with Crippen LogP contribution in [0.3, 0.4) is 0 Å². The van der Waals surface area contributed by atoms with Crippen LogP contribution in [0.4, 0.5) is 0 Å². The Morgan fingerprint density at radius 2 is 1.00 bits per heavy atom. The fourth-order valence-electron chi connectivity index (χ4n) is 0. The monoisotopic (exact) mass is 320 g/mol. The Labute approximate surface area is 82.6 Å². The zero-order chi connectivity index (χ0) is 0. The summed E-state index contributed by atoms with van der Waals surface area (Å²) in [6.45, 7) is 0. The maximum Gasteiger partial charge on any atom is 3.00 e. The molecule has 25 valence electrons. The first-order valence-electron chi connectivity index (χ1n) is 0. The van der Waals surface area contributed by atoms with Gasteiger partial charge in [0, 0.05) is 0 Å². The Balaban J connectivity index is 0. The maximum absolute atomic E-state index is 0. The van der Waals surface area contributed by atoms with Gasteiger partial charge in [0.05, 0.1) is 0 Å². The Hall–Kier alpha value is 2.49. The van der Waals surface area contributed by atoms with E-state index in [1.54, 1.807) is 0 Å². The average molecular weight is 321 g/mol. The smallest absolute Gasteiger partial charge is 2.00 e. The number of hydrogen-bond acceptors (Lipinski definition) is 0. The van der Waals surface area contributed by atoms with Crippen molar-refractivity contribution in [1.29, 1.82) is 0 Å². The van der Waals surface area contributed by atoms with Crippen molar-refractivity contribution in [3.63, 3.8) is 0 Å². The van der Waals surface area contributed by atoms with Crippen molar-refractivity contribution in [1.82, 2.24) is 0 Å². The first-order valence-corrected chi connectivity index (χ1v) is 0. The van der Waals surface area contributed by atoms with Crippen molar-refractivity contribution >= 4 is 0 Å². The summed E-state index contributed by atoms with van der Waals surface area (Å²) in [7, 11) is 0. The summed E-state index contributed by atoms with van der Waals surface area (Å²) in [5, 5.41) is 0. The number of rotatable bonds is 0. The standard InChI is InChI=1S/Ce.Ni.O.Pd/q+3;+2;-2;+2. The summed E-state index contributed by atoms with van der Waals surface area (Å²) in [6.07, 6.45) is 0. The summed E-state index contributed by atoms with van der Waals surface area (Å²) in [5.74, 6) is 0. The summed E-state index contributed by atoms with van der Waals surface area (Å²) in [6, 6.07) is 0. The minimum Gasteiger partial charge on any atom is -2.00 e. The van der Waals surface area contributed by atoms with Gasteiger partial charge in [-0.25, -0.2) is 0 Å². The van der Waals surface area contributed by atoms with Gasteiger partial charge >= 0.3 is 78.7 Å². The van der Waals surface area contributed by atoms with E-state index in [-0.39, 0.29) is 84.1 Å². The topological polar surface area (TPSA) is 28.5 Å². The normalized spacial score (nSPS) is 0. The van der Waals surface area contributed by atoms with Gasteiger partial charge in [-0.2, -0.15) is 0 Å². The van der Waals surface area contributed by atoms with E-state index in [9.17, 15) is 0 Å². The molecule has 1 nitrogen and oxygen atoms in total. The maximum atomic E-state index is 0. The van der Waals surface area contributed by atoms with Gasteiger partial charge in [0.15, 0.2) is 0 Å². The van der Waals surface area contributed by atoms with E-state index in [0.717, 1.165) is 0 Å². The molecule has 0 saturated heterocycles. The molecule has 0 N–H and O–H groups in total. The molecule has 0 aromatic carbocycles. The van der Waals surface area contributed by atoms with Crippen molar-refractivity contribution in [2.75, 3.05) is 0 Å². The van der Waals surface area contributed by atoms with E-state index in [0.29, 0.717) is 0 Å². The Kier molecular flexibility index (Phi) is 141. The zero-order valence-electron chi connectivity index (χ0n) is 1.54. The van der Waals surface area contributed by atoms with Crippen molar-refractivity contribution in [3.8, 4) is 0 Å². The molecule has 0 atom stereocenters. The van der Waals surface area contributed by atoms with Gasteiger partial charge in [-0.05, 0) is 0 Å². The second kappa shape index (κ2) is 17.8. The molecule has 0 spiro atoms. The fourth-order valence-corrected chi connectivity index (χ4v) is 0. The van der Waals surface area contributed by atoms with Crippen LogP contribution in [-0.4, -0.2) is 0 Å². The van der Waals surface area contributed by atoms with Gasteiger partial charge in [0.25, 0.3) is 0 Å². The van der Waals surface area contributed by atoms with Crippen LogP contribution in [0.5, 0.6) is 0 Å². The van der Waals surface area contributed by atoms with E-state index >= 15 is 0 Å². The summed E-state index contributed by atoms with van der Waals surface area (Å²) in [5.41, 5.74) is 0. The molecule has 0 aromatic heterocycles. The predicted octanol–water partition coefficient (Wildman–Crippen LogP) is -0.124. The molecular weight excluding hydrogens is 321 g/mol. The molecule has 0 heterocycles. The van der Waals surface area contributed by atoms with Crippen LogP contribution in [0.25, 0.3) is 0 Å². The van der Waals surface area contributed by atoms with Gasteiger partial charge in [-0.15, -0.1) is 0 Å². The minimum atomic E-state index is 0. The van der Waals surface area contributed by atoms with Crippen LogP contribution in [0.2, 0.25) is 0 Å². The van der Waals surface area contributed by atoms with Crippen molar-refractivity contribution in [2.45, 2.75) is 0 Å². The van der Waals surface area contributed by atoms with Crippen LogP contribution >= 0.6 is 0 Å². The third kappa shape index (κ3) is 8.82. The number of hydrogen-bond donors (Lipinski definition) is 0. The third-order valence-corrected chi connectivity index (χ3v) is 0. The van der Waals surface area contributed by atoms with Gasteiger partial charge in [-0.3, -0.25) is 0 Å². The van der Waals surface area contributed by atoms with Crippen LogP contribution in [0.1, 0.15) is 0 Å². The average Bonchev–Trinajstić information content (AvgIpc) is 0. The van der Waals surface area contributed by atoms with Gasteiger partial charge in [-0.1, -0.05) is 0 Å². The first-order chi connectivity index (χ1) is 0. The van der Waals surface area contributed by atoms with Gasteiger partial charge < -0.3 is 5.48 Å². The SMILES string of the molecule is [Ce+3].[Ni+2].[O-2].[Pd+2]. The molecule has 4 heteroatoms. The molecule has 0 rings (SSSR count).